The van der Waals surface area contributed by atoms with Crippen LogP contribution >= 0.6 is 27.3 Å². The summed E-state index contributed by atoms with van der Waals surface area (Å²) in [5.74, 6) is 0.627. The van der Waals surface area contributed by atoms with Gasteiger partial charge in [-0.1, -0.05) is 15.9 Å². The molecule has 0 saturated carbocycles. The lowest BCUT2D eigenvalue weighted by molar-refractivity contribution is 0.106. The minimum Gasteiger partial charge on any atom is -0.378 e. The van der Waals surface area contributed by atoms with Gasteiger partial charge in [0, 0.05) is 22.3 Å². The van der Waals surface area contributed by atoms with Gasteiger partial charge < -0.3 is 4.74 Å². The summed E-state index contributed by atoms with van der Waals surface area (Å²) in [6.45, 7) is 7.47. The minimum absolute atomic E-state index is 0.385. The smallest absolute Gasteiger partial charge is 0.0590 e. The average Bonchev–Trinajstić information content (AvgIpc) is 2.71. The maximum absolute atomic E-state index is 5.63. The van der Waals surface area contributed by atoms with Gasteiger partial charge in [0.1, 0.15) is 0 Å². The monoisotopic (exact) mass is 288 g/mol. The highest BCUT2D eigenvalue weighted by molar-refractivity contribution is 9.09. The van der Waals surface area contributed by atoms with Crippen molar-refractivity contribution in [3.05, 3.63) is 21.4 Å². The van der Waals surface area contributed by atoms with Crippen molar-refractivity contribution in [3.63, 3.8) is 0 Å². The van der Waals surface area contributed by atoms with Gasteiger partial charge in [0.15, 0.2) is 0 Å². The minimum atomic E-state index is 0.385. The Hall–Kier alpha value is 0.140. The van der Waals surface area contributed by atoms with Crippen LogP contribution in [-0.4, -0.2) is 12.7 Å². The van der Waals surface area contributed by atoms with Gasteiger partial charge in [-0.25, -0.2) is 0 Å². The number of alkyl halides is 1. The van der Waals surface area contributed by atoms with E-state index >= 15 is 0 Å². The van der Waals surface area contributed by atoms with Crippen molar-refractivity contribution >= 4 is 27.3 Å². The standard InChI is InChI=1S/C12H17BrOS/c1-7-6-8(2)15-12(7)11(13)10-4-5-14-9(10)3/h6,9-11H,4-5H2,1-3H3. The molecule has 0 spiro atoms. The van der Waals surface area contributed by atoms with E-state index < -0.39 is 0 Å². The third kappa shape index (κ3) is 2.29. The van der Waals surface area contributed by atoms with Crippen molar-refractivity contribution in [2.75, 3.05) is 6.61 Å². The molecule has 84 valence electrons. The van der Waals surface area contributed by atoms with Crippen molar-refractivity contribution in [1.82, 2.24) is 0 Å². The van der Waals surface area contributed by atoms with Gasteiger partial charge in [-0.15, -0.1) is 11.3 Å². The maximum Gasteiger partial charge on any atom is 0.0590 e. The second-order valence-electron chi connectivity index (χ2n) is 4.33. The molecular formula is C12H17BrOS. The molecule has 0 bridgehead atoms. The van der Waals surface area contributed by atoms with Crippen molar-refractivity contribution < 1.29 is 4.74 Å². The van der Waals surface area contributed by atoms with Gasteiger partial charge in [-0.05, 0) is 38.8 Å². The van der Waals surface area contributed by atoms with Gasteiger partial charge in [0.25, 0.3) is 0 Å². The quantitative estimate of drug-likeness (QED) is 0.740. The first kappa shape index (κ1) is 11.6. The van der Waals surface area contributed by atoms with Crippen molar-refractivity contribution in [2.45, 2.75) is 38.1 Å². The summed E-state index contributed by atoms with van der Waals surface area (Å²) >= 11 is 5.76. The van der Waals surface area contributed by atoms with Crippen molar-refractivity contribution in [2.24, 2.45) is 5.92 Å². The molecule has 0 N–H and O–H groups in total. The molecule has 1 fully saturated rings. The molecule has 1 saturated heterocycles. The maximum atomic E-state index is 5.63. The number of hydrogen-bond donors (Lipinski definition) is 0. The molecule has 1 aliphatic rings. The largest absolute Gasteiger partial charge is 0.378 e. The van der Waals surface area contributed by atoms with Crippen LogP contribution in [0.5, 0.6) is 0 Å². The van der Waals surface area contributed by atoms with Gasteiger partial charge in [-0.3, -0.25) is 0 Å². The summed E-state index contributed by atoms with van der Waals surface area (Å²) in [5.41, 5.74) is 1.42. The van der Waals surface area contributed by atoms with Gasteiger partial charge >= 0.3 is 0 Å². The lowest BCUT2D eigenvalue weighted by Crippen LogP contribution is -2.15. The van der Waals surface area contributed by atoms with Crippen LogP contribution in [0.4, 0.5) is 0 Å². The van der Waals surface area contributed by atoms with E-state index in [0.29, 0.717) is 16.8 Å². The number of halogens is 1. The topological polar surface area (TPSA) is 9.23 Å². The highest BCUT2D eigenvalue weighted by Gasteiger charge is 2.32. The van der Waals surface area contributed by atoms with E-state index in [9.17, 15) is 0 Å². The zero-order valence-electron chi connectivity index (χ0n) is 9.42. The first-order valence-corrected chi connectivity index (χ1v) is 7.15. The molecular weight excluding hydrogens is 272 g/mol. The van der Waals surface area contributed by atoms with Crippen LogP contribution in [0.3, 0.4) is 0 Å². The number of rotatable bonds is 2. The van der Waals surface area contributed by atoms with Crippen LogP contribution in [0, 0.1) is 19.8 Å². The van der Waals surface area contributed by atoms with Crippen LogP contribution in [0.2, 0.25) is 0 Å². The van der Waals surface area contributed by atoms with Gasteiger partial charge in [0.05, 0.1) is 10.9 Å². The zero-order valence-corrected chi connectivity index (χ0v) is 11.8. The summed E-state index contributed by atoms with van der Waals surface area (Å²) in [7, 11) is 0. The molecule has 0 aliphatic carbocycles. The predicted molar refractivity (Wildman–Crippen MR) is 69.0 cm³/mol. The van der Waals surface area contributed by atoms with Crippen LogP contribution < -0.4 is 0 Å². The summed E-state index contributed by atoms with van der Waals surface area (Å²) in [5, 5.41) is 0. The Morgan fingerprint density at radius 2 is 2.27 bits per heavy atom. The average molecular weight is 289 g/mol. The van der Waals surface area contributed by atoms with Gasteiger partial charge in [0.2, 0.25) is 0 Å². The Bertz CT molecular complexity index is 347. The number of aryl methyl sites for hydroxylation is 2. The summed E-state index contributed by atoms with van der Waals surface area (Å²) < 4.78 is 5.63. The molecule has 3 atom stereocenters. The fraction of sp³-hybridized carbons (Fsp3) is 0.667. The normalized spacial score (nSPS) is 28.3. The van der Waals surface area contributed by atoms with E-state index in [2.05, 4.69) is 42.8 Å². The summed E-state index contributed by atoms with van der Waals surface area (Å²) in [6.07, 6.45) is 1.56. The number of hydrogen-bond acceptors (Lipinski definition) is 2. The molecule has 2 heterocycles. The highest BCUT2D eigenvalue weighted by atomic mass is 79.9. The molecule has 0 amide bonds. The van der Waals surface area contributed by atoms with Crippen LogP contribution in [0.25, 0.3) is 0 Å². The molecule has 2 rings (SSSR count). The van der Waals surface area contributed by atoms with E-state index in [0.717, 1.165) is 6.61 Å². The highest BCUT2D eigenvalue weighted by Crippen LogP contribution is 2.43. The Morgan fingerprint density at radius 1 is 1.53 bits per heavy atom. The molecule has 1 aliphatic heterocycles. The third-order valence-electron chi connectivity index (χ3n) is 3.14. The fourth-order valence-corrected chi connectivity index (χ4v) is 4.69. The van der Waals surface area contributed by atoms with Crippen LogP contribution in [0.15, 0.2) is 6.07 Å². The fourth-order valence-electron chi connectivity index (χ4n) is 2.26. The van der Waals surface area contributed by atoms with Crippen molar-refractivity contribution in [1.29, 1.82) is 0 Å². The van der Waals surface area contributed by atoms with E-state index in [1.54, 1.807) is 0 Å². The second kappa shape index (κ2) is 4.56. The Balaban J connectivity index is 2.19. The molecule has 15 heavy (non-hydrogen) atoms. The van der Waals surface area contributed by atoms with Gasteiger partial charge in [-0.2, -0.15) is 0 Å². The Labute approximate surface area is 104 Å². The first-order valence-electron chi connectivity index (χ1n) is 5.42. The van der Waals surface area contributed by atoms with E-state index in [4.69, 9.17) is 4.74 Å². The third-order valence-corrected chi connectivity index (χ3v) is 5.82. The van der Waals surface area contributed by atoms with Crippen LogP contribution in [0.1, 0.15) is 33.5 Å². The number of ether oxygens (including phenoxy) is 1. The second-order valence-corrected chi connectivity index (χ2v) is 6.61. The van der Waals surface area contributed by atoms with Crippen LogP contribution in [-0.2, 0) is 4.74 Å². The Morgan fingerprint density at radius 3 is 2.73 bits per heavy atom. The Kier molecular flexibility index (Phi) is 3.53. The molecule has 1 nitrogen and oxygen atoms in total. The molecule has 1 aromatic heterocycles. The molecule has 0 radical (unpaired) electrons. The SMILES string of the molecule is Cc1cc(C)c(C(Br)C2CCOC2C)s1. The lowest BCUT2D eigenvalue weighted by Gasteiger charge is -2.20. The van der Waals surface area contributed by atoms with E-state index in [1.165, 1.54) is 21.7 Å². The predicted octanol–water partition coefficient (Wildman–Crippen LogP) is 4.23. The van der Waals surface area contributed by atoms with E-state index in [-0.39, 0.29) is 0 Å². The van der Waals surface area contributed by atoms with Crippen molar-refractivity contribution in [3.8, 4) is 0 Å². The van der Waals surface area contributed by atoms with E-state index in [1.807, 2.05) is 11.3 Å². The molecule has 3 heteroatoms. The molecule has 3 unspecified atom stereocenters. The lowest BCUT2D eigenvalue weighted by atomic mass is 9.96. The molecule has 1 aromatic rings. The summed E-state index contributed by atoms with van der Waals surface area (Å²) in [4.78, 5) is 3.35. The zero-order chi connectivity index (χ0) is 11.0. The summed E-state index contributed by atoms with van der Waals surface area (Å²) in [6, 6.07) is 2.27. The number of thiophene rings is 1. The first-order chi connectivity index (χ1) is 7.09. The molecule has 0 aromatic carbocycles.